The Kier molecular flexibility index (Phi) is 23.3. The number of fused-ring (bicyclic) bond motifs is 13. The van der Waals surface area contributed by atoms with Gasteiger partial charge in [0.25, 0.3) is 0 Å². The van der Waals surface area contributed by atoms with E-state index in [1.54, 1.807) is 104 Å². The Morgan fingerprint density at radius 3 is 1.41 bits per heavy atom. The van der Waals surface area contributed by atoms with Gasteiger partial charge in [-0.15, -0.1) is 56.7 Å². The lowest BCUT2D eigenvalue weighted by molar-refractivity contribution is 0.101. The Morgan fingerprint density at radius 1 is 0.485 bits per heavy atom. The van der Waals surface area contributed by atoms with Gasteiger partial charge < -0.3 is 14.7 Å². The fourth-order valence-corrected chi connectivity index (χ4v) is 19.7. The summed E-state index contributed by atoms with van der Waals surface area (Å²) in [6, 6.07) is 48.9. The van der Waals surface area contributed by atoms with E-state index in [-0.39, 0.29) is 40.5 Å². The first-order chi connectivity index (χ1) is 49.4. The summed E-state index contributed by atoms with van der Waals surface area (Å²) in [5, 5.41) is 9.18. The zero-order valence-electron chi connectivity index (χ0n) is 59.4. The van der Waals surface area contributed by atoms with Gasteiger partial charge in [-0.25, -0.2) is 4.39 Å². The van der Waals surface area contributed by atoms with Gasteiger partial charge in [0, 0.05) is 67.0 Å². The number of methoxy groups -OCH3 is 1. The van der Waals surface area contributed by atoms with Crippen molar-refractivity contribution in [3.05, 3.63) is 304 Å². The molecule has 0 radical (unpaired) electrons. The van der Waals surface area contributed by atoms with Gasteiger partial charge in [-0.2, -0.15) is 0 Å². The minimum Gasteiger partial charge on any atom is -0.508 e. The second-order valence-electron chi connectivity index (χ2n) is 27.0. The number of rotatable bonds is 10. The molecule has 17 rings (SSSR count). The molecular weight excluding hydrogens is 1440 g/mol. The first-order valence-electron chi connectivity index (χ1n) is 34.5. The van der Waals surface area contributed by atoms with Gasteiger partial charge in [-0.05, 0) is 280 Å². The molecule has 0 bridgehead atoms. The van der Waals surface area contributed by atoms with E-state index in [0.717, 1.165) is 123 Å². The number of benzene rings is 6. The van der Waals surface area contributed by atoms with Crippen molar-refractivity contribution >= 4 is 113 Å². The molecule has 1 N–H and O–H groups in total. The minimum atomic E-state index is -0.186. The van der Waals surface area contributed by atoms with E-state index in [0.29, 0.717) is 0 Å². The minimum absolute atomic E-state index is 0.111. The number of hydrogen-bond acceptors (Lipinski definition) is 13. The first-order valence-corrected chi connectivity index (χ1v) is 39.4. The number of carbonyl (C=O) groups excluding carboxylic acids is 5. The van der Waals surface area contributed by atoms with E-state index >= 15 is 0 Å². The number of thiophene rings is 5. The number of Topliss-reactive ketones (excluding diaryl/α,β-unsaturated/α-hetero) is 5. The molecule has 0 saturated carbocycles. The number of halogens is 2. The Labute approximate surface area is 631 Å². The Morgan fingerprint density at radius 2 is 0.932 bits per heavy atom. The maximum atomic E-state index is 13.2. The molecule has 0 saturated heterocycles. The second-order valence-corrected chi connectivity index (χ2v) is 33.4. The van der Waals surface area contributed by atoms with Crippen LogP contribution in [0.4, 0.5) is 10.1 Å². The van der Waals surface area contributed by atoms with Crippen LogP contribution in [0.15, 0.2) is 180 Å². The zero-order valence-corrected chi connectivity index (χ0v) is 65.1. The lowest BCUT2D eigenvalue weighted by atomic mass is 9.90. The monoisotopic (exact) mass is 1520 g/mol. The summed E-state index contributed by atoms with van der Waals surface area (Å²) >= 11 is 11.6. The third kappa shape index (κ3) is 17.5. The Hall–Kier alpha value is -8.80. The van der Waals surface area contributed by atoms with Crippen molar-refractivity contribution in [2.24, 2.45) is 0 Å². The third-order valence-electron chi connectivity index (χ3n) is 19.2. The standard InChI is InChI=1S/C16H17NOS.C15H14O2S.C15H14OS.C14H11BrOS.C14H11FOS.C14H14O/c1-10(18)15-9-12-5-4-11-8-13(17(2)3)6-7-14(11)16(12)19-15;1-9(16)14-8-11-4-3-10-7-12(17-2)5-6-13(10)15(11)18-14;1-9-3-6-13-11(7-9)4-5-12-8-14(10(2)16)17-15(12)13;2*1-8(16)13-7-11-4-10-5-12(15)3-2-9(10)6-14(11)17-13;1-11(15)14-8-6-13(7-9-14)10-12-4-2-3-5-12/h6-9H,4-5H2,1-3H3;5-8H,3-4H2,1-2H3;3,6-8H,4-5H2,1-2H3;2*2-3,5,7H,4,6H2,1H3;2-4,6-9,15H,1,5,10H2. The van der Waals surface area contributed by atoms with Crippen molar-refractivity contribution < 1.29 is 38.2 Å². The predicted octanol–water partition coefficient (Wildman–Crippen LogP) is 23.0. The molecule has 0 fully saturated rings. The number of carbonyl (C=O) groups is 5. The summed E-state index contributed by atoms with van der Waals surface area (Å²) in [6.45, 7) is 13.8. The van der Waals surface area contributed by atoms with Crippen molar-refractivity contribution in [3.8, 4) is 37.1 Å². The molecule has 8 nitrogen and oxygen atoms in total. The van der Waals surface area contributed by atoms with Crippen molar-refractivity contribution in [1.82, 2.24) is 0 Å². The van der Waals surface area contributed by atoms with Gasteiger partial charge in [0.05, 0.1) is 31.5 Å². The van der Waals surface area contributed by atoms with Crippen molar-refractivity contribution in [2.45, 2.75) is 119 Å². The van der Waals surface area contributed by atoms with Gasteiger partial charge in [0.15, 0.2) is 28.9 Å². The van der Waals surface area contributed by atoms with Crippen LogP contribution in [0.25, 0.3) is 37.1 Å². The van der Waals surface area contributed by atoms with E-state index in [9.17, 15) is 33.5 Å². The van der Waals surface area contributed by atoms with Crippen LogP contribution in [0.5, 0.6) is 5.75 Å². The van der Waals surface area contributed by atoms with E-state index in [1.165, 1.54) is 131 Å². The van der Waals surface area contributed by atoms with Crippen LogP contribution in [-0.2, 0) is 70.6 Å². The summed E-state index contributed by atoms with van der Waals surface area (Å²) < 4.78 is 19.5. The number of nitrogens with zero attached hydrogens (tertiary/aromatic N) is 1. The average Bonchev–Trinajstić information content (AvgIpc) is 1.69. The van der Waals surface area contributed by atoms with E-state index < -0.39 is 0 Å². The molecule has 6 aromatic carbocycles. The number of aliphatic hydroxyl groups is 1. The highest BCUT2D eigenvalue weighted by molar-refractivity contribution is 9.10. The molecule has 5 aromatic heterocycles. The highest BCUT2D eigenvalue weighted by atomic mass is 79.9. The molecule has 6 aliphatic rings. The third-order valence-corrected chi connectivity index (χ3v) is 26.2. The largest absolute Gasteiger partial charge is 0.508 e. The fourth-order valence-electron chi connectivity index (χ4n) is 13.6. The Balaban J connectivity index is 0.000000117. The normalized spacial score (nSPS) is 13.1. The summed E-state index contributed by atoms with van der Waals surface area (Å²) in [4.78, 5) is 70.1. The number of allylic oxidation sites excluding steroid dienone is 4. The molecule has 103 heavy (non-hydrogen) atoms. The second kappa shape index (κ2) is 32.5. The Bertz CT molecular complexity index is 5090. The smallest absolute Gasteiger partial charge is 0.169 e. The molecule has 6 aliphatic carbocycles. The molecule has 5 heterocycles. The molecule has 0 amide bonds. The molecule has 15 heteroatoms. The van der Waals surface area contributed by atoms with Crippen LogP contribution in [0, 0.1) is 12.7 Å². The highest BCUT2D eigenvalue weighted by Crippen LogP contribution is 2.44. The molecular formula is C88H81BrFNO7S5. The lowest BCUT2D eigenvalue weighted by Crippen LogP contribution is -2.10. The summed E-state index contributed by atoms with van der Waals surface area (Å²) in [5.74, 6) is 1.64. The van der Waals surface area contributed by atoms with Gasteiger partial charge in [0.2, 0.25) is 0 Å². The number of anilines is 1. The van der Waals surface area contributed by atoms with Gasteiger partial charge in [-0.3, -0.25) is 24.0 Å². The molecule has 0 spiro atoms. The van der Waals surface area contributed by atoms with Crippen molar-refractivity contribution in [1.29, 1.82) is 0 Å². The molecule has 524 valence electrons. The molecule has 0 atom stereocenters. The van der Waals surface area contributed by atoms with Crippen LogP contribution in [0.2, 0.25) is 0 Å². The van der Waals surface area contributed by atoms with E-state index in [4.69, 9.17) is 4.74 Å². The number of aliphatic hydroxyl groups excluding tert-OH is 1. The van der Waals surface area contributed by atoms with Crippen LogP contribution < -0.4 is 9.64 Å². The molecule has 11 aromatic rings. The van der Waals surface area contributed by atoms with Crippen LogP contribution in [0.1, 0.15) is 183 Å². The van der Waals surface area contributed by atoms with Crippen LogP contribution in [-0.4, -0.2) is 55.2 Å². The van der Waals surface area contributed by atoms with E-state index in [2.05, 4.69) is 158 Å². The van der Waals surface area contributed by atoms with Crippen LogP contribution in [0.3, 0.4) is 0 Å². The number of hydrogen-bond donors (Lipinski definition) is 1. The van der Waals surface area contributed by atoms with Crippen molar-refractivity contribution in [2.75, 3.05) is 26.1 Å². The van der Waals surface area contributed by atoms with E-state index in [1.807, 2.05) is 42.5 Å². The molecule has 0 unspecified atom stereocenters. The topological polar surface area (TPSA) is 118 Å². The van der Waals surface area contributed by atoms with Crippen LogP contribution >= 0.6 is 72.6 Å². The number of ether oxygens (including phenoxy) is 1. The fraction of sp³-hybridized carbons (Fsp3) is 0.239. The summed E-state index contributed by atoms with van der Waals surface area (Å²) in [7, 11) is 5.82. The van der Waals surface area contributed by atoms with Crippen molar-refractivity contribution in [3.63, 3.8) is 0 Å². The quantitative estimate of drug-likeness (QED) is 0.106. The number of ketones is 5. The first kappa shape index (κ1) is 73.9. The molecule has 0 aliphatic heterocycles. The number of aryl methyl sites for hydroxylation is 7. The summed E-state index contributed by atoms with van der Waals surface area (Å²) in [6.07, 6.45) is 18.3. The summed E-state index contributed by atoms with van der Waals surface area (Å²) in [5.41, 5.74) is 25.6. The zero-order chi connectivity index (χ0) is 72.9. The predicted molar refractivity (Wildman–Crippen MR) is 431 cm³/mol. The van der Waals surface area contributed by atoms with Gasteiger partial charge >= 0.3 is 0 Å². The SMILES string of the molecule is C=C(O)c1ccc(CC2=CC=CC2)cc1.CC(=O)c1cc2c(s1)-c1ccc(C)cc1CC2.CC(=O)c1cc2c(s1)-c1ccc(N(C)C)cc1CC2.CC(=O)c1cc2c(s1)Cc1ccc(Br)cc1C2.CC(=O)c1cc2c(s1)Cc1ccc(F)cc1C2.COc1ccc2c(c1)CCc1cc(C(C)=O)sc1-2. The van der Waals surface area contributed by atoms with Gasteiger partial charge in [0.1, 0.15) is 17.3 Å². The lowest BCUT2D eigenvalue weighted by Gasteiger charge is -2.20. The van der Waals surface area contributed by atoms with Gasteiger partial charge in [-0.1, -0.05) is 113 Å². The maximum absolute atomic E-state index is 13.2. The highest BCUT2D eigenvalue weighted by Gasteiger charge is 2.26. The average molecular weight is 1520 g/mol. The maximum Gasteiger partial charge on any atom is 0.169 e.